The van der Waals surface area contributed by atoms with E-state index in [1.165, 1.54) is 5.56 Å². The first kappa shape index (κ1) is 16.3. The molecule has 0 radical (unpaired) electrons. The fraction of sp³-hybridized carbons (Fsp3) is 0.786. The lowest BCUT2D eigenvalue weighted by Crippen LogP contribution is -2.43. The van der Waals surface area contributed by atoms with Crippen LogP contribution in [0.4, 0.5) is 13.2 Å². The molecule has 0 bridgehead atoms. The fourth-order valence-corrected chi connectivity index (χ4v) is 2.87. The van der Waals surface area contributed by atoms with Gasteiger partial charge in [-0.1, -0.05) is 0 Å². The third-order valence-corrected chi connectivity index (χ3v) is 4.11. The van der Waals surface area contributed by atoms with Crippen LogP contribution in [0.25, 0.3) is 0 Å². The smallest absolute Gasteiger partial charge is 0.383 e. The summed E-state index contributed by atoms with van der Waals surface area (Å²) in [5.74, 6) is -0.653. The lowest BCUT2D eigenvalue weighted by molar-refractivity contribution is -0.223. The first-order valence-electron chi connectivity index (χ1n) is 7.31. The van der Waals surface area contributed by atoms with Gasteiger partial charge in [0.15, 0.2) is 6.10 Å². The summed E-state index contributed by atoms with van der Waals surface area (Å²) in [4.78, 5) is 2.18. The average Bonchev–Trinajstić information content (AvgIpc) is 2.83. The second-order valence-corrected chi connectivity index (χ2v) is 5.79. The van der Waals surface area contributed by atoms with Gasteiger partial charge in [-0.15, -0.1) is 0 Å². The van der Waals surface area contributed by atoms with Crippen molar-refractivity contribution in [1.29, 1.82) is 0 Å². The van der Waals surface area contributed by atoms with Crippen LogP contribution in [0.15, 0.2) is 12.4 Å². The third-order valence-electron chi connectivity index (χ3n) is 4.11. The van der Waals surface area contributed by atoms with E-state index < -0.39 is 18.2 Å². The van der Waals surface area contributed by atoms with Gasteiger partial charge in [0.2, 0.25) is 0 Å². The van der Waals surface area contributed by atoms with Crippen molar-refractivity contribution in [2.75, 3.05) is 19.6 Å². The van der Waals surface area contributed by atoms with E-state index in [0.29, 0.717) is 25.9 Å². The van der Waals surface area contributed by atoms with E-state index in [9.17, 15) is 18.3 Å². The molecule has 2 rings (SSSR count). The molecular formula is C14H22F3N3O. The van der Waals surface area contributed by atoms with Crippen molar-refractivity contribution in [1.82, 2.24) is 14.7 Å². The van der Waals surface area contributed by atoms with Gasteiger partial charge in [-0.05, 0) is 56.8 Å². The van der Waals surface area contributed by atoms with E-state index in [0.717, 1.165) is 19.4 Å². The van der Waals surface area contributed by atoms with Crippen molar-refractivity contribution in [3.05, 3.63) is 18.0 Å². The first-order valence-corrected chi connectivity index (χ1v) is 7.31. The largest absolute Gasteiger partial charge is 0.414 e. The van der Waals surface area contributed by atoms with Gasteiger partial charge in [-0.2, -0.15) is 18.3 Å². The molecule has 0 aromatic carbocycles. The fourth-order valence-electron chi connectivity index (χ4n) is 2.87. The monoisotopic (exact) mass is 305 g/mol. The van der Waals surface area contributed by atoms with Gasteiger partial charge in [0, 0.05) is 13.2 Å². The number of aromatic nitrogens is 2. The Hall–Kier alpha value is -1.08. The molecule has 4 nitrogen and oxygen atoms in total. The van der Waals surface area contributed by atoms with Crippen LogP contribution in [0, 0.1) is 5.92 Å². The molecule has 1 atom stereocenters. The van der Waals surface area contributed by atoms with Crippen LogP contribution in [0.5, 0.6) is 0 Å². The van der Waals surface area contributed by atoms with Gasteiger partial charge >= 0.3 is 6.18 Å². The molecule has 1 aliphatic rings. The molecule has 1 saturated heterocycles. The molecule has 21 heavy (non-hydrogen) atoms. The molecule has 0 saturated carbocycles. The van der Waals surface area contributed by atoms with E-state index >= 15 is 0 Å². The van der Waals surface area contributed by atoms with Crippen LogP contribution < -0.4 is 0 Å². The Bertz CT molecular complexity index is 439. The molecule has 120 valence electrons. The summed E-state index contributed by atoms with van der Waals surface area (Å²) in [6.07, 6.45) is -0.126. The number of rotatable bonds is 5. The molecule has 0 amide bonds. The minimum absolute atomic E-state index is 0.410. The number of aliphatic hydroxyl groups excluding tert-OH is 1. The zero-order valence-corrected chi connectivity index (χ0v) is 12.2. The Morgan fingerprint density at radius 2 is 2.05 bits per heavy atom. The predicted molar refractivity (Wildman–Crippen MR) is 72.8 cm³/mol. The molecule has 1 unspecified atom stereocenters. The predicted octanol–water partition coefficient (Wildman–Crippen LogP) is 1.99. The molecular weight excluding hydrogens is 283 g/mol. The molecule has 7 heteroatoms. The van der Waals surface area contributed by atoms with Crippen molar-refractivity contribution < 1.29 is 18.3 Å². The second-order valence-electron chi connectivity index (χ2n) is 5.79. The number of piperidine rings is 1. The zero-order chi connectivity index (χ0) is 15.5. The number of halogens is 3. The highest BCUT2D eigenvalue weighted by molar-refractivity contribution is 5.03. The van der Waals surface area contributed by atoms with Crippen molar-refractivity contribution in [2.24, 2.45) is 13.0 Å². The Morgan fingerprint density at radius 3 is 2.57 bits per heavy atom. The minimum Gasteiger partial charge on any atom is -0.383 e. The number of alkyl halides is 3. The topological polar surface area (TPSA) is 41.3 Å². The Morgan fingerprint density at radius 1 is 1.38 bits per heavy atom. The number of aliphatic hydroxyl groups is 1. The van der Waals surface area contributed by atoms with Gasteiger partial charge in [0.05, 0.1) is 6.20 Å². The van der Waals surface area contributed by atoms with Crippen molar-refractivity contribution in [3.8, 4) is 0 Å². The molecule has 0 aliphatic carbocycles. The normalized spacial score (nSPS) is 19.9. The third kappa shape index (κ3) is 4.71. The summed E-state index contributed by atoms with van der Waals surface area (Å²) in [7, 11) is 1.88. The van der Waals surface area contributed by atoms with Gasteiger partial charge in [-0.25, -0.2) is 0 Å². The maximum atomic E-state index is 12.5. The summed E-state index contributed by atoms with van der Waals surface area (Å²) in [5, 5.41) is 13.4. The molecule has 1 fully saturated rings. The van der Waals surface area contributed by atoms with Crippen LogP contribution in [0.1, 0.15) is 24.8 Å². The molecule has 2 heterocycles. The lowest BCUT2D eigenvalue weighted by Gasteiger charge is -2.34. The minimum atomic E-state index is -4.49. The Balaban J connectivity index is 1.67. The number of nitrogens with zero attached hydrogens (tertiary/aromatic N) is 3. The van der Waals surface area contributed by atoms with Gasteiger partial charge in [0.25, 0.3) is 0 Å². The van der Waals surface area contributed by atoms with Crippen LogP contribution in [0.3, 0.4) is 0 Å². The zero-order valence-electron chi connectivity index (χ0n) is 12.2. The molecule has 1 aliphatic heterocycles. The SMILES string of the molecule is Cn1cc(CCCN2CCC(C(O)C(F)(F)F)CC2)cn1. The summed E-state index contributed by atoms with van der Waals surface area (Å²) in [6.45, 7) is 2.14. The highest BCUT2D eigenvalue weighted by Crippen LogP contribution is 2.31. The quantitative estimate of drug-likeness (QED) is 0.904. The summed E-state index contributed by atoms with van der Waals surface area (Å²) >= 11 is 0. The summed E-state index contributed by atoms with van der Waals surface area (Å²) in [5.41, 5.74) is 1.18. The number of aryl methyl sites for hydroxylation is 2. The van der Waals surface area contributed by atoms with E-state index in [1.54, 1.807) is 4.68 Å². The standard InChI is InChI=1S/C14H22F3N3O/c1-19-10-11(9-18-19)3-2-6-20-7-4-12(5-8-20)13(21)14(15,16)17/h9-10,12-13,21H,2-8H2,1H3. The van der Waals surface area contributed by atoms with Gasteiger partial charge in [0.1, 0.15) is 0 Å². The number of likely N-dealkylation sites (tertiary alicyclic amines) is 1. The highest BCUT2D eigenvalue weighted by Gasteiger charge is 2.43. The van der Waals surface area contributed by atoms with Crippen molar-refractivity contribution in [2.45, 2.75) is 38.0 Å². The Labute approximate surface area is 122 Å². The maximum absolute atomic E-state index is 12.5. The second kappa shape index (κ2) is 6.79. The summed E-state index contributed by atoms with van der Waals surface area (Å²) in [6, 6.07) is 0. The number of hydrogen-bond acceptors (Lipinski definition) is 3. The highest BCUT2D eigenvalue weighted by atomic mass is 19.4. The van der Waals surface area contributed by atoms with E-state index in [4.69, 9.17) is 0 Å². The molecule has 1 aromatic heterocycles. The lowest BCUT2D eigenvalue weighted by atomic mass is 9.91. The number of hydrogen-bond donors (Lipinski definition) is 1. The Kier molecular flexibility index (Phi) is 5.27. The van der Waals surface area contributed by atoms with Crippen LogP contribution >= 0.6 is 0 Å². The van der Waals surface area contributed by atoms with Crippen molar-refractivity contribution in [3.63, 3.8) is 0 Å². The average molecular weight is 305 g/mol. The van der Waals surface area contributed by atoms with Crippen LogP contribution in [-0.2, 0) is 13.5 Å². The van der Waals surface area contributed by atoms with Gasteiger partial charge < -0.3 is 10.0 Å². The van der Waals surface area contributed by atoms with Crippen molar-refractivity contribution >= 4 is 0 Å². The summed E-state index contributed by atoms with van der Waals surface area (Å²) < 4.78 is 39.1. The maximum Gasteiger partial charge on any atom is 0.414 e. The van der Waals surface area contributed by atoms with Gasteiger partial charge in [-0.3, -0.25) is 4.68 Å². The molecule has 0 spiro atoms. The van der Waals surface area contributed by atoms with Crippen LogP contribution in [-0.4, -0.2) is 51.7 Å². The van der Waals surface area contributed by atoms with Crippen LogP contribution in [0.2, 0.25) is 0 Å². The first-order chi connectivity index (χ1) is 9.86. The van der Waals surface area contributed by atoms with E-state index in [-0.39, 0.29) is 0 Å². The van der Waals surface area contributed by atoms with E-state index in [1.807, 2.05) is 19.4 Å². The molecule has 1 N–H and O–H groups in total. The molecule has 1 aromatic rings. The van der Waals surface area contributed by atoms with E-state index in [2.05, 4.69) is 10.00 Å².